The van der Waals surface area contributed by atoms with Crippen LogP contribution < -0.4 is 20.3 Å². The Morgan fingerprint density at radius 1 is 0.884 bits per heavy atom. The zero-order valence-corrected chi connectivity index (χ0v) is 24.4. The molecule has 0 saturated carbocycles. The average Bonchev–Trinajstić information content (AvgIpc) is 3.30. The highest BCUT2D eigenvalue weighted by Crippen LogP contribution is 2.35. The Labute approximate surface area is 253 Å². The maximum atomic E-state index is 13.3. The molecule has 1 saturated heterocycles. The van der Waals surface area contributed by atoms with Gasteiger partial charge in [0, 0.05) is 22.6 Å². The van der Waals surface area contributed by atoms with Gasteiger partial charge < -0.3 is 15.4 Å². The fraction of sp³-hybridized carbons (Fsp3) is 0.118. The van der Waals surface area contributed by atoms with Gasteiger partial charge in [0.05, 0.1) is 18.0 Å². The predicted molar refractivity (Wildman–Crippen MR) is 168 cm³/mol. The number of hydrogen-bond acceptors (Lipinski definition) is 6. The molecule has 216 valence electrons. The van der Waals surface area contributed by atoms with Crippen molar-refractivity contribution in [1.82, 2.24) is 5.32 Å². The highest BCUT2D eigenvalue weighted by Gasteiger charge is 2.40. The Hall–Kier alpha value is -5.15. The molecular weight excluding hydrogens is 562 g/mol. The lowest BCUT2D eigenvalue weighted by atomic mass is 10.1. The molecule has 4 aromatic carbocycles. The van der Waals surface area contributed by atoms with E-state index in [1.807, 2.05) is 37.3 Å². The van der Waals surface area contributed by atoms with Crippen LogP contribution in [0.4, 0.5) is 11.4 Å². The van der Waals surface area contributed by atoms with Gasteiger partial charge in [0.15, 0.2) is 0 Å². The van der Waals surface area contributed by atoms with E-state index in [0.29, 0.717) is 22.7 Å². The maximum absolute atomic E-state index is 13.3. The molecule has 0 aromatic heterocycles. The van der Waals surface area contributed by atoms with Gasteiger partial charge in [-0.1, -0.05) is 48.0 Å². The number of amides is 4. The van der Waals surface area contributed by atoms with Crippen LogP contribution in [0.2, 0.25) is 0 Å². The number of ether oxygens (including phenoxy) is 1. The molecular formula is C34H29N3O5S. The number of nitrogens with zero attached hydrogens (tertiary/aromatic N) is 1. The van der Waals surface area contributed by atoms with Crippen molar-refractivity contribution in [3.63, 3.8) is 0 Å². The first-order valence-electron chi connectivity index (χ1n) is 13.5. The first-order valence-corrected chi connectivity index (χ1v) is 14.4. The molecule has 1 unspecified atom stereocenters. The Kier molecular flexibility index (Phi) is 9.02. The quantitative estimate of drug-likeness (QED) is 0.187. The van der Waals surface area contributed by atoms with E-state index < -0.39 is 17.1 Å². The van der Waals surface area contributed by atoms with Crippen LogP contribution in [0.5, 0.6) is 5.75 Å². The number of carbonyl (C=O) groups excluding carboxylic acids is 4. The second-order valence-electron chi connectivity index (χ2n) is 9.84. The Balaban J connectivity index is 1.27. The van der Waals surface area contributed by atoms with Crippen molar-refractivity contribution in [3.8, 4) is 5.75 Å². The van der Waals surface area contributed by atoms with Gasteiger partial charge in [0.1, 0.15) is 11.4 Å². The topological polar surface area (TPSA) is 105 Å². The zero-order valence-electron chi connectivity index (χ0n) is 23.6. The van der Waals surface area contributed by atoms with Crippen LogP contribution in [0.1, 0.15) is 27.9 Å². The normalized spacial score (nSPS) is 14.9. The molecule has 4 aromatic rings. The van der Waals surface area contributed by atoms with Crippen molar-refractivity contribution in [2.45, 2.75) is 23.5 Å². The molecule has 0 spiro atoms. The summed E-state index contributed by atoms with van der Waals surface area (Å²) >= 11 is 1.29. The summed E-state index contributed by atoms with van der Waals surface area (Å²) in [7, 11) is 1.55. The number of methoxy groups -OCH3 is 1. The van der Waals surface area contributed by atoms with Crippen LogP contribution in [-0.2, 0) is 14.4 Å². The Bertz CT molecular complexity index is 1670. The lowest BCUT2D eigenvalue weighted by Crippen LogP contribution is -2.31. The molecule has 1 aliphatic heterocycles. The number of anilines is 2. The summed E-state index contributed by atoms with van der Waals surface area (Å²) < 4.78 is 5.16. The molecule has 1 atom stereocenters. The summed E-state index contributed by atoms with van der Waals surface area (Å²) in [5, 5.41) is 5.01. The van der Waals surface area contributed by atoms with Gasteiger partial charge in [-0.05, 0) is 79.2 Å². The molecule has 0 aliphatic carbocycles. The van der Waals surface area contributed by atoms with Crippen LogP contribution in [0.3, 0.4) is 0 Å². The largest absolute Gasteiger partial charge is 0.497 e. The van der Waals surface area contributed by atoms with E-state index >= 15 is 0 Å². The molecule has 4 amide bonds. The fourth-order valence-electron chi connectivity index (χ4n) is 4.45. The summed E-state index contributed by atoms with van der Waals surface area (Å²) in [6.45, 7) is 1.97. The third kappa shape index (κ3) is 7.20. The number of benzene rings is 4. The van der Waals surface area contributed by atoms with Crippen molar-refractivity contribution < 1.29 is 23.9 Å². The zero-order chi connectivity index (χ0) is 30.3. The van der Waals surface area contributed by atoms with E-state index in [2.05, 4.69) is 10.6 Å². The first-order chi connectivity index (χ1) is 20.8. The van der Waals surface area contributed by atoms with E-state index in [1.54, 1.807) is 86.0 Å². The SMILES string of the molecule is COc1ccc(N2C(=O)CC(Sc3ccc(NC(=O)/C(=C/c4ccc(C)cc4)NC(=O)c4ccccc4)cc3)C2=O)cc1. The number of aryl methyl sites for hydroxylation is 1. The monoisotopic (exact) mass is 591 g/mol. The van der Waals surface area contributed by atoms with Gasteiger partial charge in [-0.25, -0.2) is 4.90 Å². The second kappa shape index (κ2) is 13.2. The van der Waals surface area contributed by atoms with Crippen LogP contribution in [-0.4, -0.2) is 36.0 Å². The maximum Gasteiger partial charge on any atom is 0.272 e. The molecule has 8 nitrogen and oxygen atoms in total. The highest BCUT2D eigenvalue weighted by atomic mass is 32.2. The van der Waals surface area contributed by atoms with Crippen molar-refractivity contribution in [3.05, 3.63) is 126 Å². The van der Waals surface area contributed by atoms with E-state index in [-0.39, 0.29) is 23.9 Å². The molecule has 1 fully saturated rings. The van der Waals surface area contributed by atoms with Gasteiger partial charge in [0.2, 0.25) is 11.8 Å². The van der Waals surface area contributed by atoms with Gasteiger partial charge in [-0.15, -0.1) is 11.8 Å². The lowest BCUT2D eigenvalue weighted by molar-refractivity contribution is -0.121. The smallest absolute Gasteiger partial charge is 0.272 e. The van der Waals surface area contributed by atoms with Crippen molar-refractivity contribution in [2.24, 2.45) is 0 Å². The summed E-state index contributed by atoms with van der Waals surface area (Å²) in [6, 6.07) is 30.0. The van der Waals surface area contributed by atoms with E-state index in [1.165, 1.54) is 16.7 Å². The molecule has 1 aliphatic rings. The second-order valence-corrected chi connectivity index (χ2v) is 11.1. The van der Waals surface area contributed by atoms with E-state index in [4.69, 9.17) is 4.74 Å². The molecule has 1 heterocycles. The standard InChI is InChI=1S/C34H29N3O5S/c1-22-8-10-23(11-9-22)20-29(36-32(39)24-6-4-3-5-7-24)33(40)35-25-12-18-28(19-13-25)43-30-21-31(38)37(34(30)41)26-14-16-27(42-2)17-15-26/h3-20,30H,21H2,1-2H3,(H,35,40)(H,36,39)/b29-20-. The molecule has 43 heavy (non-hydrogen) atoms. The van der Waals surface area contributed by atoms with Crippen LogP contribution in [0.15, 0.2) is 114 Å². The number of nitrogens with one attached hydrogen (secondary N) is 2. The Morgan fingerprint density at radius 2 is 1.56 bits per heavy atom. The lowest BCUT2D eigenvalue weighted by Gasteiger charge is -2.15. The number of thioether (sulfide) groups is 1. The molecule has 0 bridgehead atoms. The van der Waals surface area contributed by atoms with Crippen molar-refractivity contribution in [2.75, 3.05) is 17.3 Å². The summed E-state index contributed by atoms with van der Waals surface area (Å²) in [5.74, 6) is -0.797. The fourth-order valence-corrected chi connectivity index (χ4v) is 5.50. The van der Waals surface area contributed by atoms with E-state index in [0.717, 1.165) is 16.0 Å². The minimum absolute atomic E-state index is 0.0856. The number of imide groups is 1. The molecule has 5 rings (SSSR count). The van der Waals surface area contributed by atoms with Crippen molar-refractivity contribution in [1.29, 1.82) is 0 Å². The molecule has 2 N–H and O–H groups in total. The van der Waals surface area contributed by atoms with Crippen LogP contribution in [0, 0.1) is 6.92 Å². The summed E-state index contributed by atoms with van der Waals surface area (Å²) in [6.07, 6.45) is 1.71. The summed E-state index contributed by atoms with van der Waals surface area (Å²) in [4.78, 5) is 53.9. The van der Waals surface area contributed by atoms with Crippen LogP contribution >= 0.6 is 11.8 Å². The third-order valence-electron chi connectivity index (χ3n) is 6.74. The van der Waals surface area contributed by atoms with Gasteiger partial charge in [0.25, 0.3) is 11.8 Å². The van der Waals surface area contributed by atoms with Gasteiger partial charge in [-0.3, -0.25) is 19.2 Å². The summed E-state index contributed by atoms with van der Waals surface area (Å²) in [5.41, 5.74) is 3.36. The minimum atomic E-state index is -0.563. The number of hydrogen-bond donors (Lipinski definition) is 2. The van der Waals surface area contributed by atoms with Gasteiger partial charge >= 0.3 is 0 Å². The molecule has 9 heteroatoms. The predicted octanol–water partition coefficient (Wildman–Crippen LogP) is 5.84. The van der Waals surface area contributed by atoms with Crippen LogP contribution in [0.25, 0.3) is 6.08 Å². The number of carbonyl (C=O) groups is 4. The average molecular weight is 592 g/mol. The van der Waals surface area contributed by atoms with E-state index in [9.17, 15) is 19.2 Å². The molecule has 0 radical (unpaired) electrons. The van der Waals surface area contributed by atoms with Gasteiger partial charge in [-0.2, -0.15) is 0 Å². The Morgan fingerprint density at radius 3 is 2.21 bits per heavy atom. The van der Waals surface area contributed by atoms with Crippen molar-refractivity contribution >= 4 is 52.8 Å². The number of rotatable bonds is 9. The third-order valence-corrected chi connectivity index (χ3v) is 7.94. The first kappa shape index (κ1) is 29.3. The highest BCUT2D eigenvalue weighted by molar-refractivity contribution is 8.00. The minimum Gasteiger partial charge on any atom is -0.497 e.